The van der Waals surface area contributed by atoms with Crippen LogP contribution in [0.3, 0.4) is 0 Å². The van der Waals surface area contributed by atoms with E-state index in [1.54, 1.807) is 0 Å². The van der Waals surface area contributed by atoms with E-state index >= 15 is 0 Å². The van der Waals surface area contributed by atoms with Gasteiger partial charge in [-0.2, -0.15) is 0 Å². The summed E-state index contributed by atoms with van der Waals surface area (Å²) in [6.45, 7) is 0. The van der Waals surface area contributed by atoms with Gasteiger partial charge in [-0.15, -0.1) is 0 Å². The molecule has 284 valence electrons. The first-order chi connectivity index (χ1) is 28.7. The standard InChI is InChI=1S/C30H22N2.C24H16BrN.CH4/c1-3-9-22(10-4-1)23-15-18-26(19-16-23)32-29-14-8-7-13-27(29)28-21-25(17-20-30(28)32)31-24-11-5-2-6-12-24;25-19-12-15-24-22(16-19)21-8-4-5-9-23(21)26(24)20-13-10-18(11-14-20)17-6-2-1-3-7-17;/h1-21,31H;1-16H;1H4. The highest BCUT2D eigenvalue weighted by atomic mass is 79.9. The van der Waals surface area contributed by atoms with E-state index in [4.69, 9.17) is 0 Å². The molecule has 0 aliphatic carbocycles. The Kier molecular flexibility index (Phi) is 10.4. The third-order valence-electron chi connectivity index (χ3n) is 10.8. The number of nitrogens with zero attached hydrogens (tertiary/aromatic N) is 2. The molecule has 11 rings (SSSR count). The van der Waals surface area contributed by atoms with Crippen molar-refractivity contribution in [3.8, 4) is 33.6 Å². The van der Waals surface area contributed by atoms with Crippen LogP contribution in [-0.4, -0.2) is 9.13 Å². The summed E-state index contributed by atoms with van der Waals surface area (Å²) in [5.41, 5.74) is 14.3. The maximum absolute atomic E-state index is 3.61. The number of hydrogen-bond acceptors (Lipinski definition) is 1. The summed E-state index contributed by atoms with van der Waals surface area (Å²) in [6, 6.07) is 79.3. The van der Waals surface area contributed by atoms with Crippen molar-refractivity contribution in [3.63, 3.8) is 0 Å². The lowest BCUT2D eigenvalue weighted by Crippen LogP contribution is -1.94. The van der Waals surface area contributed by atoms with Crippen molar-refractivity contribution in [2.45, 2.75) is 7.43 Å². The summed E-state index contributed by atoms with van der Waals surface area (Å²) < 4.78 is 5.80. The lowest BCUT2D eigenvalue weighted by Gasteiger charge is -2.10. The van der Waals surface area contributed by atoms with Gasteiger partial charge in [-0.1, -0.05) is 163 Å². The van der Waals surface area contributed by atoms with Gasteiger partial charge in [0.25, 0.3) is 0 Å². The minimum Gasteiger partial charge on any atom is -0.356 e. The van der Waals surface area contributed by atoms with Gasteiger partial charge in [0.1, 0.15) is 0 Å². The zero-order valence-corrected chi connectivity index (χ0v) is 33.2. The maximum Gasteiger partial charge on any atom is 0.0542 e. The van der Waals surface area contributed by atoms with Crippen LogP contribution in [0.2, 0.25) is 0 Å². The van der Waals surface area contributed by atoms with E-state index in [0.717, 1.165) is 15.8 Å². The van der Waals surface area contributed by atoms with Crippen LogP contribution in [0.4, 0.5) is 11.4 Å². The Balaban J connectivity index is 0.000000153. The van der Waals surface area contributed by atoms with Gasteiger partial charge in [0.15, 0.2) is 0 Å². The van der Waals surface area contributed by atoms with Crippen LogP contribution < -0.4 is 5.32 Å². The predicted molar refractivity (Wildman–Crippen MR) is 257 cm³/mol. The fraction of sp³-hybridized carbons (Fsp3) is 0.0182. The molecule has 0 aliphatic rings. The first kappa shape index (κ1) is 37.4. The Morgan fingerprint density at radius 2 is 0.695 bits per heavy atom. The van der Waals surface area contributed by atoms with E-state index < -0.39 is 0 Å². The van der Waals surface area contributed by atoms with Crippen molar-refractivity contribution in [3.05, 3.63) is 229 Å². The number of rotatable bonds is 6. The molecule has 0 spiro atoms. The minimum atomic E-state index is 0. The number of nitrogens with one attached hydrogen (secondary N) is 1. The molecule has 0 atom stereocenters. The molecule has 0 bridgehead atoms. The van der Waals surface area contributed by atoms with E-state index in [2.05, 4.69) is 231 Å². The first-order valence-electron chi connectivity index (χ1n) is 19.5. The highest BCUT2D eigenvalue weighted by Gasteiger charge is 2.14. The van der Waals surface area contributed by atoms with Crippen LogP contribution in [-0.2, 0) is 0 Å². The van der Waals surface area contributed by atoms with Gasteiger partial charge in [-0.3, -0.25) is 0 Å². The third kappa shape index (κ3) is 7.31. The first-order valence-corrected chi connectivity index (χ1v) is 20.3. The molecular weight excluding hydrogens is 783 g/mol. The summed E-state index contributed by atoms with van der Waals surface area (Å²) in [5, 5.41) is 8.57. The average Bonchev–Trinajstić information content (AvgIpc) is 3.80. The molecule has 0 radical (unpaired) electrons. The van der Waals surface area contributed by atoms with E-state index in [-0.39, 0.29) is 7.43 Å². The van der Waals surface area contributed by atoms with Crippen molar-refractivity contribution in [2.24, 2.45) is 0 Å². The zero-order chi connectivity index (χ0) is 38.8. The molecular formula is C55H42BrN3. The summed E-state index contributed by atoms with van der Waals surface area (Å²) in [7, 11) is 0. The Morgan fingerprint density at radius 3 is 1.20 bits per heavy atom. The second-order valence-corrected chi connectivity index (χ2v) is 15.3. The molecule has 1 N–H and O–H groups in total. The largest absolute Gasteiger partial charge is 0.356 e. The fourth-order valence-electron chi connectivity index (χ4n) is 8.11. The SMILES string of the molecule is Brc1ccc2c(c1)c1ccccc1n2-c1ccc(-c2ccccc2)cc1.C.c1ccc(Nc2ccc3c(c2)c2ccccc2n3-c2ccc(-c3ccccc3)cc2)cc1. The Morgan fingerprint density at radius 1 is 0.305 bits per heavy atom. The van der Waals surface area contributed by atoms with Crippen molar-refractivity contribution >= 4 is 70.9 Å². The molecule has 3 nitrogen and oxygen atoms in total. The number of aromatic nitrogens is 2. The van der Waals surface area contributed by atoms with Gasteiger partial charge >= 0.3 is 0 Å². The van der Waals surface area contributed by atoms with Gasteiger partial charge in [-0.25, -0.2) is 0 Å². The van der Waals surface area contributed by atoms with Gasteiger partial charge in [0.2, 0.25) is 0 Å². The highest BCUT2D eigenvalue weighted by molar-refractivity contribution is 9.10. The molecule has 59 heavy (non-hydrogen) atoms. The molecule has 2 aromatic heterocycles. The van der Waals surface area contributed by atoms with Crippen LogP contribution in [0.1, 0.15) is 7.43 Å². The average molecular weight is 825 g/mol. The molecule has 0 saturated heterocycles. The van der Waals surface area contributed by atoms with Crippen LogP contribution in [0.15, 0.2) is 229 Å². The quantitative estimate of drug-likeness (QED) is 0.177. The van der Waals surface area contributed by atoms with E-state index in [0.29, 0.717) is 0 Å². The second-order valence-electron chi connectivity index (χ2n) is 14.4. The lowest BCUT2D eigenvalue weighted by molar-refractivity contribution is 1.18. The van der Waals surface area contributed by atoms with Crippen LogP contribution in [0.25, 0.3) is 77.2 Å². The van der Waals surface area contributed by atoms with Gasteiger partial charge in [0, 0.05) is 48.8 Å². The van der Waals surface area contributed by atoms with E-state index in [1.807, 2.05) is 24.3 Å². The molecule has 9 aromatic carbocycles. The molecule has 2 heterocycles. The highest BCUT2D eigenvalue weighted by Crippen LogP contribution is 2.36. The topological polar surface area (TPSA) is 21.9 Å². The number of benzene rings is 9. The number of para-hydroxylation sites is 3. The summed E-state index contributed by atoms with van der Waals surface area (Å²) in [5.74, 6) is 0. The van der Waals surface area contributed by atoms with Crippen molar-refractivity contribution in [2.75, 3.05) is 5.32 Å². The number of anilines is 2. The summed E-state index contributed by atoms with van der Waals surface area (Å²) in [6.07, 6.45) is 0. The molecule has 0 fully saturated rings. The molecule has 4 heteroatoms. The third-order valence-corrected chi connectivity index (χ3v) is 11.3. The molecule has 0 amide bonds. The monoisotopic (exact) mass is 823 g/mol. The van der Waals surface area contributed by atoms with Crippen LogP contribution in [0.5, 0.6) is 0 Å². The molecule has 11 aromatic rings. The predicted octanol–water partition coefficient (Wildman–Crippen LogP) is 16.0. The number of fused-ring (bicyclic) bond motifs is 6. The van der Waals surface area contributed by atoms with Crippen LogP contribution in [0, 0.1) is 0 Å². The summed E-state index contributed by atoms with van der Waals surface area (Å²) in [4.78, 5) is 0. The van der Waals surface area contributed by atoms with Gasteiger partial charge in [-0.05, 0) is 107 Å². The minimum absolute atomic E-state index is 0. The zero-order valence-electron chi connectivity index (χ0n) is 31.6. The number of hydrogen-bond donors (Lipinski definition) is 1. The van der Waals surface area contributed by atoms with Crippen molar-refractivity contribution in [1.29, 1.82) is 0 Å². The Hall–Kier alpha value is -7.14. The smallest absolute Gasteiger partial charge is 0.0542 e. The fourth-order valence-corrected chi connectivity index (χ4v) is 8.47. The number of halogens is 1. The van der Waals surface area contributed by atoms with Gasteiger partial charge < -0.3 is 14.5 Å². The summed E-state index contributed by atoms with van der Waals surface area (Å²) >= 11 is 3.61. The van der Waals surface area contributed by atoms with Gasteiger partial charge in [0.05, 0.1) is 22.1 Å². The van der Waals surface area contributed by atoms with Crippen molar-refractivity contribution < 1.29 is 0 Å². The van der Waals surface area contributed by atoms with Crippen LogP contribution >= 0.6 is 15.9 Å². The molecule has 0 saturated carbocycles. The normalized spacial score (nSPS) is 11.0. The van der Waals surface area contributed by atoms with E-state index in [9.17, 15) is 0 Å². The Labute approximate surface area is 353 Å². The van der Waals surface area contributed by atoms with E-state index in [1.165, 1.54) is 77.2 Å². The lowest BCUT2D eigenvalue weighted by atomic mass is 10.1. The maximum atomic E-state index is 3.61. The Bertz CT molecular complexity index is 3170. The molecule has 0 aliphatic heterocycles. The second kappa shape index (κ2) is 16.4. The molecule has 0 unspecified atom stereocenters. The van der Waals surface area contributed by atoms with Crippen molar-refractivity contribution in [1.82, 2.24) is 9.13 Å².